The second kappa shape index (κ2) is 14.9. The first-order valence-corrected chi connectivity index (χ1v) is 21.4. The van der Waals surface area contributed by atoms with Crippen LogP contribution in [0.15, 0.2) is 53.5 Å². The maximum atomic E-state index is 14.8. The molecule has 10 nitrogen and oxygen atoms in total. The first-order valence-electron chi connectivity index (χ1n) is 16.0. The number of fused-ring (bicyclic) bond motifs is 1. The van der Waals surface area contributed by atoms with Crippen molar-refractivity contribution in [2.75, 3.05) is 23.7 Å². The number of ether oxygens (including phenoxy) is 4. The van der Waals surface area contributed by atoms with Gasteiger partial charge >= 0.3 is 0 Å². The Balaban J connectivity index is 1.68. The first kappa shape index (κ1) is 35.7. The largest absolute Gasteiger partial charge is 0.454 e. The van der Waals surface area contributed by atoms with Crippen LogP contribution in [-0.4, -0.2) is 50.9 Å². The summed E-state index contributed by atoms with van der Waals surface area (Å²) in [5, 5.41) is 0.380. The highest BCUT2D eigenvalue weighted by Gasteiger charge is 2.24. The summed E-state index contributed by atoms with van der Waals surface area (Å²) in [4.78, 5) is 13.6. The van der Waals surface area contributed by atoms with E-state index >= 15 is 0 Å². The van der Waals surface area contributed by atoms with Crippen molar-refractivity contribution >= 4 is 34.7 Å². The molecule has 2 aromatic carbocycles. The molecular formula is C34H43F2N3O7SSi. The van der Waals surface area contributed by atoms with E-state index < -0.39 is 29.7 Å². The number of hydrogen-bond acceptors (Lipinski definition) is 7. The number of aromatic nitrogens is 2. The molecule has 14 heteroatoms. The van der Waals surface area contributed by atoms with Gasteiger partial charge in [-0.3, -0.25) is 9.52 Å². The van der Waals surface area contributed by atoms with Crippen LogP contribution in [0.1, 0.15) is 31.9 Å². The van der Waals surface area contributed by atoms with Crippen molar-refractivity contribution in [2.24, 2.45) is 7.05 Å². The Morgan fingerprint density at radius 2 is 1.81 bits per heavy atom. The van der Waals surface area contributed by atoms with Gasteiger partial charge in [-0.05, 0) is 68.6 Å². The third-order valence-electron chi connectivity index (χ3n) is 8.12. The Hall–Kier alpha value is -3.56. The number of benzene rings is 2. The minimum atomic E-state index is -3.66. The van der Waals surface area contributed by atoms with Gasteiger partial charge in [-0.25, -0.2) is 17.2 Å². The van der Waals surface area contributed by atoms with E-state index in [4.69, 9.17) is 18.9 Å². The van der Waals surface area contributed by atoms with E-state index in [2.05, 4.69) is 24.4 Å². The van der Waals surface area contributed by atoms with Crippen LogP contribution in [0.4, 0.5) is 14.5 Å². The van der Waals surface area contributed by atoms with Gasteiger partial charge in [0.1, 0.15) is 18.3 Å². The quantitative estimate of drug-likeness (QED) is 0.109. The third kappa shape index (κ3) is 8.72. The predicted octanol–water partition coefficient (Wildman–Crippen LogP) is 7.19. The summed E-state index contributed by atoms with van der Waals surface area (Å²) in [6.07, 6.45) is 3.99. The maximum Gasteiger partial charge on any atom is 0.259 e. The summed E-state index contributed by atoms with van der Waals surface area (Å²) in [5.41, 5.74) is 2.03. The van der Waals surface area contributed by atoms with E-state index in [0.29, 0.717) is 47.0 Å². The molecule has 0 aliphatic carbocycles. The summed E-state index contributed by atoms with van der Waals surface area (Å²) in [7, 11) is -3.45. The molecule has 0 saturated carbocycles. The molecule has 260 valence electrons. The summed E-state index contributed by atoms with van der Waals surface area (Å²) in [5.74, 6) is -1.90. The van der Waals surface area contributed by atoms with Crippen molar-refractivity contribution in [1.29, 1.82) is 0 Å². The number of rotatable bonds is 14. The van der Waals surface area contributed by atoms with Crippen LogP contribution in [-0.2, 0) is 44.6 Å². The fraction of sp³-hybridized carbons (Fsp3) is 0.441. The van der Waals surface area contributed by atoms with Gasteiger partial charge < -0.3 is 28.1 Å². The number of pyridine rings is 1. The van der Waals surface area contributed by atoms with Gasteiger partial charge in [0.05, 0.1) is 23.3 Å². The van der Waals surface area contributed by atoms with Gasteiger partial charge in [0.25, 0.3) is 5.56 Å². The number of sulfonamides is 1. The van der Waals surface area contributed by atoms with Crippen LogP contribution in [0.3, 0.4) is 0 Å². The number of anilines is 1. The van der Waals surface area contributed by atoms with Crippen molar-refractivity contribution in [3.8, 4) is 22.6 Å². The van der Waals surface area contributed by atoms with Crippen LogP contribution in [0.5, 0.6) is 11.5 Å². The van der Waals surface area contributed by atoms with Gasteiger partial charge in [-0.2, -0.15) is 0 Å². The van der Waals surface area contributed by atoms with Crippen molar-refractivity contribution in [1.82, 2.24) is 9.13 Å². The average molecular weight is 704 g/mol. The topological polar surface area (TPSA) is 110 Å². The van der Waals surface area contributed by atoms with E-state index in [9.17, 15) is 22.0 Å². The van der Waals surface area contributed by atoms with Crippen molar-refractivity contribution in [2.45, 2.75) is 71.5 Å². The number of nitrogens with one attached hydrogen (secondary N) is 1. The molecule has 0 amide bonds. The summed E-state index contributed by atoms with van der Waals surface area (Å²) >= 11 is 0. The standard InChI is InChI=1S/C34H43F2N3O7SSi/c1-6-47(41,42)37-24-11-13-30(46-31-12-10-23(35)17-29(31)36)26(18-24)28-20-38(2)34(40)27-19-25(21-45-32-9-7-8-14-44-32)39(33(27)28)22-43-15-16-48(3,4)5/h10-13,17-20,32,37H,6-9,14-16,21-22H2,1-5H3. The zero-order valence-electron chi connectivity index (χ0n) is 28.0. The Morgan fingerprint density at radius 3 is 2.50 bits per heavy atom. The first-order chi connectivity index (χ1) is 22.7. The summed E-state index contributed by atoms with van der Waals surface area (Å²) in [6.45, 7) is 9.71. The summed E-state index contributed by atoms with van der Waals surface area (Å²) < 4.78 is 83.6. The van der Waals surface area contributed by atoms with Gasteiger partial charge in [0.15, 0.2) is 17.9 Å². The van der Waals surface area contributed by atoms with Crippen molar-refractivity contribution in [3.63, 3.8) is 0 Å². The molecule has 2 aromatic heterocycles. The lowest BCUT2D eigenvalue weighted by Crippen LogP contribution is -2.23. The van der Waals surface area contributed by atoms with Gasteiger partial charge in [0, 0.05) is 63.1 Å². The van der Waals surface area contributed by atoms with E-state index in [1.54, 1.807) is 25.4 Å². The monoisotopic (exact) mass is 703 g/mol. The van der Waals surface area contributed by atoms with E-state index in [1.807, 2.05) is 4.57 Å². The molecule has 48 heavy (non-hydrogen) atoms. The molecule has 0 bridgehead atoms. The number of halogens is 2. The molecule has 0 spiro atoms. The van der Waals surface area contributed by atoms with Crippen LogP contribution in [0.25, 0.3) is 22.0 Å². The van der Waals surface area contributed by atoms with Crippen LogP contribution in [0.2, 0.25) is 25.7 Å². The number of hydrogen-bond donors (Lipinski definition) is 1. The van der Waals surface area contributed by atoms with E-state index in [1.165, 1.54) is 29.7 Å². The highest BCUT2D eigenvalue weighted by Crippen LogP contribution is 2.40. The van der Waals surface area contributed by atoms with Gasteiger partial charge in [-0.1, -0.05) is 19.6 Å². The molecule has 0 radical (unpaired) electrons. The second-order valence-electron chi connectivity index (χ2n) is 13.1. The lowest BCUT2D eigenvalue weighted by atomic mass is 10.0. The molecule has 1 atom stereocenters. The molecule has 1 aliphatic heterocycles. The lowest BCUT2D eigenvalue weighted by Gasteiger charge is -2.23. The molecule has 1 unspecified atom stereocenters. The Bertz CT molecular complexity index is 1930. The zero-order valence-corrected chi connectivity index (χ0v) is 29.8. The minimum Gasteiger partial charge on any atom is -0.454 e. The highest BCUT2D eigenvalue weighted by molar-refractivity contribution is 7.92. The normalized spacial score (nSPS) is 15.6. The van der Waals surface area contributed by atoms with Crippen LogP contribution >= 0.6 is 0 Å². The van der Waals surface area contributed by atoms with Crippen LogP contribution in [0, 0.1) is 11.6 Å². The van der Waals surface area contributed by atoms with Crippen molar-refractivity contribution in [3.05, 3.63) is 76.3 Å². The Kier molecular flexibility index (Phi) is 11.1. The maximum absolute atomic E-state index is 14.8. The number of nitrogens with zero attached hydrogens (tertiary/aromatic N) is 2. The van der Waals surface area contributed by atoms with Crippen LogP contribution < -0.4 is 15.0 Å². The second-order valence-corrected chi connectivity index (χ2v) is 20.8. The van der Waals surface area contributed by atoms with Crippen molar-refractivity contribution < 1.29 is 36.1 Å². The molecule has 1 N–H and O–H groups in total. The lowest BCUT2D eigenvalue weighted by molar-refractivity contribution is -0.170. The fourth-order valence-corrected chi connectivity index (χ4v) is 6.79. The predicted molar refractivity (Wildman–Crippen MR) is 185 cm³/mol. The third-order valence-corrected chi connectivity index (χ3v) is 11.1. The molecule has 1 aliphatic rings. The fourth-order valence-electron chi connectivity index (χ4n) is 5.40. The van der Waals surface area contributed by atoms with Gasteiger partial charge in [-0.15, -0.1) is 0 Å². The SMILES string of the molecule is CCS(=O)(=O)Nc1ccc(Oc2ccc(F)cc2F)c(-c2cn(C)c(=O)c3cc(COC4CCCCO4)n(COCC[Si](C)(C)C)c23)c1. The summed E-state index contributed by atoms with van der Waals surface area (Å²) in [6, 6.07) is 10.2. The Morgan fingerprint density at radius 1 is 1.04 bits per heavy atom. The molecule has 3 heterocycles. The van der Waals surface area contributed by atoms with E-state index in [-0.39, 0.29) is 48.1 Å². The minimum absolute atomic E-state index is 0.114. The van der Waals surface area contributed by atoms with Gasteiger partial charge in [0.2, 0.25) is 10.0 Å². The highest BCUT2D eigenvalue weighted by atomic mass is 32.2. The zero-order chi connectivity index (χ0) is 34.6. The molecular weight excluding hydrogens is 661 g/mol. The molecule has 1 saturated heterocycles. The molecule has 5 rings (SSSR count). The number of aryl methyl sites for hydroxylation is 1. The smallest absolute Gasteiger partial charge is 0.259 e. The Labute approximate surface area is 280 Å². The molecule has 1 fully saturated rings. The average Bonchev–Trinajstić information content (AvgIpc) is 3.40. The van der Waals surface area contributed by atoms with E-state index in [0.717, 1.165) is 31.4 Å². The molecule has 4 aromatic rings.